The van der Waals surface area contributed by atoms with Crippen LogP contribution in [-0.4, -0.2) is 11.6 Å². The fourth-order valence-corrected chi connectivity index (χ4v) is 1.96. The van der Waals surface area contributed by atoms with Crippen LogP contribution in [0.5, 0.6) is 5.75 Å². The van der Waals surface area contributed by atoms with Gasteiger partial charge >= 0.3 is 0 Å². The van der Waals surface area contributed by atoms with Crippen LogP contribution >= 0.6 is 11.3 Å². The largest absolute Gasteiger partial charge is 0.494 e. The van der Waals surface area contributed by atoms with Crippen LogP contribution in [0.2, 0.25) is 0 Å². The molecule has 0 atom stereocenters. The zero-order valence-corrected chi connectivity index (χ0v) is 9.96. The molecular formula is C12H14N2OS. The van der Waals surface area contributed by atoms with Gasteiger partial charge in [0.15, 0.2) is 5.13 Å². The van der Waals surface area contributed by atoms with Gasteiger partial charge < -0.3 is 10.5 Å². The van der Waals surface area contributed by atoms with Gasteiger partial charge in [0.1, 0.15) is 5.75 Å². The molecule has 0 amide bonds. The fourth-order valence-electron chi connectivity index (χ4n) is 1.39. The summed E-state index contributed by atoms with van der Waals surface area (Å²) in [5.74, 6) is 0.880. The third-order valence-electron chi connectivity index (χ3n) is 2.12. The normalized spacial score (nSPS) is 10.3. The van der Waals surface area contributed by atoms with Crippen molar-refractivity contribution in [2.75, 3.05) is 12.3 Å². The first kappa shape index (κ1) is 11.0. The number of aromatic nitrogens is 1. The lowest BCUT2D eigenvalue weighted by Crippen LogP contribution is -1.94. The van der Waals surface area contributed by atoms with Gasteiger partial charge in [-0.15, -0.1) is 11.3 Å². The van der Waals surface area contributed by atoms with E-state index >= 15 is 0 Å². The number of nitrogen functional groups attached to an aromatic ring is 1. The molecule has 0 saturated carbocycles. The molecule has 0 aliphatic rings. The summed E-state index contributed by atoms with van der Waals surface area (Å²) in [6, 6.07) is 7.92. The third kappa shape index (κ3) is 2.52. The van der Waals surface area contributed by atoms with Crippen molar-refractivity contribution in [2.24, 2.45) is 0 Å². The predicted octanol–water partition coefficient (Wildman–Crippen LogP) is 3.18. The summed E-state index contributed by atoms with van der Waals surface area (Å²) in [5.41, 5.74) is 7.56. The summed E-state index contributed by atoms with van der Waals surface area (Å²) in [6.07, 6.45) is 1.01. The number of hydrogen-bond donors (Lipinski definition) is 1. The summed E-state index contributed by atoms with van der Waals surface area (Å²) in [7, 11) is 0. The maximum atomic E-state index is 5.61. The van der Waals surface area contributed by atoms with Crippen molar-refractivity contribution in [3.63, 3.8) is 0 Å². The van der Waals surface area contributed by atoms with E-state index in [1.165, 1.54) is 11.3 Å². The van der Waals surface area contributed by atoms with Crippen molar-refractivity contribution >= 4 is 16.5 Å². The minimum Gasteiger partial charge on any atom is -0.494 e. The Morgan fingerprint density at radius 1 is 1.44 bits per heavy atom. The lowest BCUT2D eigenvalue weighted by atomic mass is 10.2. The molecule has 3 nitrogen and oxygen atoms in total. The van der Waals surface area contributed by atoms with E-state index in [0.717, 1.165) is 30.0 Å². The van der Waals surface area contributed by atoms with Crippen LogP contribution in [0, 0.1) is 0 Å². The van der Waals surface area contributed by atoms with Crippen LogP contribution in [-0.2, 0) is 0 Å². The summed E-state index contributed by atoms with van der Waals surface area (Å²) >= 11 is 1.45. The van der Waals surface area contributed by atoms with E-state index in [1.807, 2.05) is 29.6 Å². The number of rotatable bonds is 4. The maximum Gasteiger partial charge on any atom is 0.180 e. The second-order valence-electron chi connectivity index (χ2n) is 3.45. The zero-order chi connectivity index (χ0) is 11.4. The van der Waals surface area contributed by atoms with Crippen LogP contribution in [0.3, 0.4) is 0 Å². The van der Waals surface area contributed by atoms with Gasteiger partial charge in [-0.1, -0.05) is 19.1 Å². The Bertz CT molecular complexity index is 468. The van der Waals surface area contributed by atoms with Crippen molar-refractivity contribution < 1.29 is 4.74 Å². The van der Waals surface area contributed by atoms with E-state index in [0.29, 0.717) is 5.13 Å². The highest BCUT2D eigenvalue weighted by Crippen LogP contribution is 2.26. The Morgan fingerprint density at radius 3 is 3.00 bits per heavy atom. The highest BCUT2D eigenvalue weighted by Gasteiger charge is 2.03. The van der Waals surface area contributed by atoms with Crippen LogP contribution in [0.1, 0.15) is 13.3 Å². The average molecular weight is 234 g/mol. The summed E-state index contributed by atoms with van der Waals surface area (Å²) in [4.78, 5) is 4.24. The van der Waals surface area contributed by atoms with Crippen LogP contribution in [0.4, 0.5) is 5.13 Å². The van der Waals surface area contributed by atoms with Gasteiger partial charge in [0.25, 0.3) is 0 Å². The third-order valence-corrected chi connectivity index (χ3v) is 2.80. The highest BCUT2D eigenvalue weighted by atomic mass is 32.1. The molecule has 0 aliphatic heterocycles. The monoisotopic (exact) mass is 234 g/mol. The van der Waals surface area contributed by atoms with Crippen LogP contribution < -0.4 is 10.5 Å². The topological polar surface area (TPSA) is 48.1 Å². The van der Waals surface area contributed by atoms with Crippen molar-refractivity contribution in [3.8, 4) is 17.0 Å². The van der Waals surface area contributed by atoms with E-state index in [9.17, 15) is 0 Å². The molecule has 2 rings (SSSR count). The zero-order valence-electron chi connectivity index (χ0n) is 9.14. The molecule has 4 heteroatoms. The molecule has 1 aromatic heterocycles. The van der Waals surface area contributed by atoms with Gasteiger partial charge in [-0.25, -0.2) is 4.98 Å². The number of benzene rings is 1. The van der Waals surface area contributed by atoms with Crippen molar-refractivity contribution in [2.45, 2.75) is 13.3 Å². The minimum atomic E-state index is 0.592. The first-order chi connectivity index (χ1) is 7.79. The van der Waals surface area contributed by atoms with Gasteiger partial charge in [-0.05, 0) is 18.6 Å². The van der Waals surface area contributed by atoms with Crippen molar-refractivity contribution in [3.05, 3.63) is 29.6 Å². The molecule has 1 heterocycles. The Balaban J connectivity index is 2.22. The lowest BCUT2D eigenvalue weighted by Gasteiger charge is -2.05. The lowest BCUT2D eigenvalue weighted by molar-refractivity contribution is 0.317. The molecule has 1 aromatic carbocycles. The molecule has 0 spiro atoms. The molecule has 0 radical (unpaired) electrons. The summed E-state index contributed by atoms with van der Waals surface area (Å²) in [6.45, 7) is 2.83. The Hall–Kier alpha value is -1.55. The Morgan fingerprint density at radius 2 is 2.31 bits per heavy atom. The van der Waals surface area contributed by atoms with Crippen LogP contribution in [0.25, 0.3) is 11.3 Å². The number of nitrogens with two attached hydrogens (primary N) is 1. The number of thiazole rings is 1. The number of anilines is 1. The first-order valence-corrected chi connectivity index (χ1v) is 6.12. The first-order valence-electron chi connectivity index (χ1n) is 5.24. The van der Waals surface area contributed by atoms with E-state index < -0.39 is 0 Å². The molecule has 2 N–H and O–H groups in total. The summed E-state index contributed by atoms with van der Waals surface area (Å²) in [5, 5.41) is 2.55. The van der Waals surface area contributed by atoms with Gasteiger partial charge in [-0.2, -0.15) is 0 Å². The second kappa shape index (κ2) is 4.99. The van der Waals surface area contributed by atoms with Crippen LogP contribution in [0.15, 0.2) is 29.6 Å². The van der Waals surface area contributed by atoms with Crippen molar-refractivity contribution in [1.82, 2.24) is 4.98 Å². The van der Waals surface area contributed by atoms with Gasteiger partial charge in [0, 0.05) is 10.9 Å². The smallest absolute Gasteiger partial charge is 0.180 e. The molecule has 0 aliphatic carbocycles. The molecule has 0 saturated heterocycles. The number of ether oxygens (including phenoxy) is 1. The Labute approximate surface area is 98.9 Å². The molecule has 16 heavy (non-hydrogen) atoms. The minimum absolute atomic E-state index is 0.592. The molecule has 2 aromatic rings. The predicted molar refractivity (Wildman–Crippen MR) is 67.7 cm³/mol. The number of nitrogens with zero attached hydrogens (tertiary/aromatic N) is 1. The quantitative estimate of drug-likeness (QED) is 0.883. The van der Waals surface area contributed by atoms with E-state index in [1.54, 1.807) is 0 Å². The molecule has 84 valence electrons. The molecule has 0 bridgehead atoms. The van der Waals surface area contributed by atoms with Gasteiger partial charge in [-0.3, -0.25) is 0 Å². The molecular weight excluding hydrogens is 220 g/mol. The van der Waals surface area contributed by atoms with Gasteiger partial charge in [0.2, 0.25) is 0 Å². The summed E-state index contributed by atoms with van der Waals surface area (Å²) < 4.78 is 5.57. The average Bonchev–Trinajstić information content (AvgIpc) is 2.74. The second-order valence-corrected chi connectivity index (χ2v) is 4.34. The standard InChI is InChI=1S/C12H14N2OS/c1-2-6-15-10-5-3-4-9(7-10)11-8-16-12(13)14-11/h3-5,7-8H,2,6H2,1H3,(H2,13,14). The van der Waals surface area contributed by atoms with Gasteiger partial charge in [0.05, 0.1) is 12.3 Å². The SMILES string of the molecule is CCCOc1cccc(-c2csc(N)n2)c1. The maximum absolute atomic E-state index is 5.61. The highest BCUT2D eigenvalue weighted by molar-refractivity contribution is 7.13. The molecule has 0 fully saturated rings. The van der Waals surface area contributed by atoms with E-state index in [2.05, 4.69) is 11.9 Å². The van der Waals surface area contributed by atoms with E-state index in [-0.39, 0.29) is 0 Å². The fraction of sp³-hybridized carbons (Fsp3) is 0.250. The molecule has 0 unspecified atom stereocenters. The van der Waals surface area contributed by atoms with E-state index in [4.69, 9.17) is 10.5 Å². The Kier molecular flexibility index (Phi) is 3.41. The number of hydrogen-bond acceptors (Lipinski definition) is 4. The van der Waals surface area contributed by atoms with Crippen molar-refractivity contribution in [1.29, 1.82) is 0 Å².